The lowest BCUT2D eigenvalue weighted by Crippen LogP contribution is -2.71. The molecule has 2 fully saturated rings. The monoisotopic (exact) mass is 524 g/mol. The van der Waals surface area contributed by atoms with Gasteiger partial charge < -0.3 is 33.5 Å². The minimum absolute atomic E-state index is 0.111. The lowest BCUT2D eigenvalue weighted by Gasteiger charge is -2.55. The first-order chi connectivity index (χ1) is 18.4. The van der Waals surface area contributed by atoms with Gasteiger partial charge in [0.2, 0.25) is 11.7 Å². The van der Waals surface area contributed by atoms with Crippen LogP contribution >= 0.6 is 0 Å². The lowest BCUT2D eigenvalue weighted by molar-refractivity contribution is -0.164. The van der Waals surface area contributed by atoms with E-state index in [1.807, 2.05) is 17.0 Å². The van der Waals surface area contributed by atoms with Gasteiger partial charge in [0.05, 0.1) is 47.6 Å². The van der Waals surface area contributed by atoms with Crippen LogP contribution in [0.15, 0.2) is 24.3 Å². The molecule has 10 heteroatoms. The molecule has 3 aliphatic heterocycles. The van der Waals surface area contributed by atoms with Crippen molar-refractivity contribution in [3.05, 3.63) is 41.0 Å². The van der Waals surface area contributed by atoms with Crippen LogP contribution in [0.3, 0.4) is 0 Å². The predicted octanol–water partition coefficient (Wildman–Crippen LogP) is 2.63. The maximum atomic E-state index is 13.8. The molecule has 0 aliphatic carbocycles. The number of carbonyl (C=O) groups excluding carboxylic acids is 3. The Balaban J connectivity index is 1.50. The third-order valence-electron chi connectivity index (χ3n) is 7.92. The predicted molar refractivity (Wildman–Crippen MR) is 136 cm³/mol. The number of benzene rings is 2. The maximum Gasteiger partial charge on any atom is 0.295 e. The number of hydrogen-bond donors (Lipinski definition) is 0. The third-order valence-corrected chi connectivity index (χ3v) is 7.92. The Hall–Kier alpha value is -3.95. The van der Waals surface area contributed by atoms with Gasteiger partial charge in [-0.25, -0.2) is 0 Å². The molecule has 3 aliphatic rings. The van der Waals surface area contributed by atoms with Crippen molar-refractivity contribution in [3.8, 4) is 28.7 Å². The molecule has 2 unspecified atom stereocenters. The fraction of sp³-hybridized carbons (Fsp3) is 0.464. The lowest BCUT2D eigenvalue weighted by atomic mass is 9.79. The molecule has 0 N–H and O–H groups in total. The van der Waals surface area contributed by atoms with Crippen molar-refractivity contribution in [3.63, 3.8) is 0 Å². The van der Waals surface area contributed by atoms with E-state index in [4.69, 9.17) is 23.7 Å². The largest absolute Gasteiger partial charge is 0.497 e. The summed E-state index contributed by atoms with van der Waals surface area (Å²) in [5.74, 6) is 0.671. The summed E-state index contributed by atoms with van der Waals surface area (Å²) in [5, 5.41) is 0. The number of piperazine rings is 1. The van der Waals surface area contributed by atoms with Crippen molar-refractivity contribution >= 4 is 17.6 Å². The summed E-state index contributed by atoms with van der Waals surface area (Å²) in [6.07, 6.45) is 2.54. The highest BCUT2D eigenvalue weighted by molar-refractivity contribution is 6.43. The van der Waals surface area contributed by atoms with E-state index in [2.05, 4.69) is 0 Å². The van der Waals surface area contributed by atoms with E-state index in [9.17, 15) is 14.4 Å². The van der Waals surface area contributed by atoms with Gasteiger partial charge in [-0.15, -0.1) is 0 Å². The van der Waals surface area contributed by atoms with E-state index in [-0.39, 0.29) is 35.1 Å². The first-order valence-electron chi connectivity index (χ1n) is 12.6. The summed E-state index contributed by atoms with van der Waals surface area (Å²) in [4.78, 5) is 44.5. The number of amides is 2. The molecule has 10 nitrogen and oxygen atoms in total. The minimum atomic E-state index is -0.721. The van der Waals surface area contributed by atoms with Crippen LogP contribution in [0.1, 0.15) is 40.7 Å². The molecule has 0 aromatic heterocycles. The van der Waals surface area contributed by atoms with Gasteiger partial charge in [-0.05, 0) is 49.4 Å². The van der Waals surface area contributed by atoms with Gasteiger partial charge in [0.15, 0.2) is 11.5 Å². The van der Waals surface area contributed by atoms with Crippen molar-refractivity contribution in [2.75, 3.05) is 35.5 Å². The molecule has 2 saturated heterocycles. The van der Waals surface area contributed by atoms with E-state index in [0.29, 0.717) is 43.1 Å². The Labute approximate surface area is 221 Å². The zero-order valence-electron chi connectivity index (χ0n) is 22.2. The van der Waals surface area contributed by atoms with Crippen LogP contribution in [-0.4, -0.2) is 81.1 Å². The second-order valence-corrected chi connectivity index (χ2v) is 9.67. The third kappa shape index (κ3) is 3.99. The molecule has 38 heavy (non-hydrogen) atoms. The number of rotatable bonds is 7. The van der Waals surface area contributed by atoms with Crippen molar-refractivity contribution < 1.29 is 38.1 Å². The summed E-state index contributed by atoms with van der Waals surface area (Å²) in [5.41, 5.74) is 2.08. The van der Waals surface area contributed by atoms with Gasteiger partial charge >= 0.3 is 0 Å². The van der Waals surface area contributed by atoms with E-state index in [1.165, 1.54) is 38.4 Å². The Morgan fingerprint density at radius 1 is 0.816 bits per heavy atom. The number of carbonyl (C=O) groups is 3. The quantitative estimate of drug-likeness (QED) is 0.402. The van der Waals surface area contributed by atoms with Crippen molar-refractivity contribution in [2.24, 2.45) is 0 Å². The SMILES string of the molecule is COc1cc2c(c(OC)c1)C[C@H]1C3CCCC(C(=O)N1C2)N3C(=O)C(=O)c1cc(OC)c(OC)c(OC)c1. The van der Waals surface area contributed by atoms with Crippen LogP contribution in [0.5, 0.6) is 28.7 Å². The average molecular weight is 525 g/mol. The highest BCUT2D eigenvalue weighted by Crippen LogP contribution is 2.43. The zero-order valence-corrected chi connectivity index (χ0v) is 22.2. The number of fused-ring (bicyclic) bond motifs is 5. The van der Waals surface area contributed by atoms with Crippen molar-refractivity contribution in [1.29, 1.82) is 0 Å². The molecule has 0 saturated carbocycles. The molecule has 2 amide bonds. The standard InChI is InChI=1S/C28H32N2O8/c1-34-17-9-16-14-29-21(13-18(16)22(12-17)35-2)19-7-6-8-20(27(29)32)30(19)28(33)25(31)15-10-23(36-3)26(38-5)24(11-15)37-4/h9-12,19-21H,6-8,13-14H2,1-5H3/t19?,20?,21-/m0/s1. The smallest absolute Gasteiger partial charge is 0.295 e. The number of nitrogens with zero attached hydrogens (tertiary/aromatic N) is 2. The number of Topliss-reactive ketones (excluding diaryl/α,β-unsaturated/α-hetero) is 1. The number of methoxy groups -OCH3 is 5. The molecule has 3 heterocycles. The van der Waals surface area contributed by atoms with Crippen LogP contribution < -0.4 is 23.7 Å². The van der Waals surface area contributed by atoms with E-state index >= 15 is 0 Å². The molecular weight excluding hydrogens is 492 g/mol. The Bertz CT molecular complexity index is 1270. The molecular formula is C28H32N2O8. The van der Waals surface area contributed by atoms with Gasteiger partial charge in [0, 0.05) is 23.7 Å². The van der Waals surface area contributed by atoms with Crippen LogP contribution in [-0.2, 0) is 22.6 Å². The molecule has 2 aromatic rings. The minimum Gasteiger partial charge on any atom is -0.497 e. The van der Waals surface area contributed by atoms with E-state index in [1.54, 1.807) is 14.2 Å². The van der Waals surface area contributed by atoms with Gasteiger partial charge in [-0.3, -0.25) is 14.4 Å². The first-order valence-corrected chi connectivity index (χ1v) is 12.6. The molecule has 3 atom stereocenters. The number of hydrogen-bond acceptors (Lipinski definition) is 8. The van der Waals surface area contributed by atoms with Crippen LogP contribution in [0, 0.1) is 0 Å². The maximum absolute atomic E-state index is 13.8. The second kappa shape index (κ2) is 10.1. The average Bonchev–Trinajstić information content (AvgIpc) is 2.96. The van der Waals surface area contributed by atoms with E-state index in [0.717, 1.165) is 17.5 Å². The van der Waals surface area contributed by atoms with Crippen molar-refractivity contribution in [1.82, 2.24) is 9.80 Å². The van der Waals surface area contributed by atoms with Crippen LogP contribution in [0.2, 0.25) is 0 Å². The van der Waals surface area contributed by atoms with Gasteiger partial charge in [-0.2, -0.15) is 0 Å². The zero-order chi connectivity index (χ0) is 27.1. The normalized spacial score (nSPS) is 21.7. The number of piperidine rings is 1. The topological polar surface area (TPSA) is 104 Å². The van der Waals surface area contributed by atoms with Gasteiger partial charge in [-0.1, -0.05) is 0 Å². The van der Waals surface area contributed by atoms with Gasteiger partial charge in [0.1, 0.15) is 17.5 Å². The summed E-state index contributed by atoms with van der Waals surface area (Å²) in [6.45, 7) is 0.405. The molecule has 5 rings (SSSR count). The number of ether oxygens (including phenoxy) is 5. The Morgan fingerprint density at radius 3 is 2.11 bits per heavy atom. The molecule has 202 valence electrons. The highest BCUT2D eigenvalue weighted by atomic mass is 16.5. The summed E-state index contributed by atoms with van der Waals surface area (Å²) < 4.78 is 27.1. The molecule has 0 radical (unpaired) electrons. The second-order valence-electron chi connectivity index (χ2n) is 9.67. The summed E-state index contributed by atoms with van der Waals surface area (Å²) in [6, 6.07) is 5.46. The summed E-state index contributed by atoms with van der Waals surface area (Å²) >= 11 is 0. The summed E-state index contributed by atoms with van der Waals surface area (Å²) in [7, 11) is 7.56. The fourth-order valence-corrected chi connectivity index (χ4v) is 6.14. The van der Waals surface area contributed by atoms with E-state index < -0.39 is 17.7 Å². The van der Waals surface area contributed by atoms with Crippen LogP contribution in [0.25, 0.3) is 0 Å². The van der Waals surface area contributed by atoms with Gasteiger partial charge in [0.25, 0.3) is 11.7 Å². The first kappa shape index (κ1) is 25.7. The molecule has 2 bridgehead atoms. The molecule has 0 spiro atoms. The number of ketones is 1. The molecule has 2 aromatic carbocycles. The Kier molecular flexibility index (Phi) is 6.81. The Morgan fingerprint density at radius 2 is 1.50 bits per heavy atom. The fourth-order valence-electron chi connectivity index (χ4n) is 6.14. The van der Waals surface area contributed by atoms with Crippen LogP contribution in [0.4, 0.5) is 0 Å². The van der Waals surface area contributed by atoms with Crippen molar-refractivity contribution in [2.45, 2.75) is 50.4 Å². The highest BCUT2D eigenvalue weighted by Gasteiger charge is 2.53.